The van der Waals surface area contributed by atoms with Gasteiger partial charge in [0.05, 0.1) is 6.61 Å². The van der Waals surface area contributed by atoms with Gasteiger partial charge in [-0.2, -0.15) is 0 Å². The summed E-state index contributed by atoms with van der Waals surface area (Å²) in [5.74, 6) is 1.04. The van der Waals surface area contributed by atoms with E-state index in [0.29, 0.717) is 12.5 Å². The van der Waals surface area contributed by atoms with E-state index >= 15 is 0 Å². The lowest BCUT2D eigenvalue weighted by Gasteiger charge is -2.11. The van der Waals surface area contributed by atoms with Crippen LogP contribution in [0.5, 0.6) is 5.75 Å². The fraction of sp³-hybridized carbons (Fsp3) is 0.562. The summed E-state index contributed by atoms with van der Waals surface area (Å²) in [7, 11) is 0. The third-order valence-electron chi connectivity index (χ3n) is 3.46. The van der Waals surface area contributed by atoms with Crippen molar-refractivity contribution < 1.29 is 9.53 Å². The van der Waals surface area contributed by atoms with Gasteiger partial charge in [0.2, 0.25) is 5.91 Å². The van der Waals surface area contributed by atoms with Crippen LogP contribution in [0.1, 0.15) is 31.7 Å². The number of carbonyl (C=O) groups is 1. The largest absolute Gasteiger partial charge is 0.494 e. The molecule has 1 unspecified atom stereocenters. The molecule has 1 amide bonds. The van der Waals surface area contributed by atoms with Crippen molar-refractivity contribution in [3.63, 3.8) is 0 Å². The number of hydrogen-bond acceptors (Lipinski definition) is 3. The maximum Gasteiger partial charge on any atom is 0.220 e. The molecule has 1 saturated heterocycles. The molecule has 4 heteroatoms. The van der Waals surface area contributed by atoms with E-state index in [1.54, 1.807) is 0 Å². The molecule has 0 spiro atoms. The third-order valence-corrected chi connectivity index (χ3v) is 3.46. The molecule has 1 heterocycles. The van der Waals surface area contributed by atoms with Gasteiger partial charge in [-0.15, -0.1) is 0 Å². The van der Waals surface area contributed by atoms with Gasteiger partial charge in [0, 0.05) is 19.0 Å². The summed E-state index contributed by atoms with van der Waals surface area (Å²) in [4.78, 5) is 11.8. The Morgan fingerprint density at radius 1 is 1.40 bits per heavy atom. The molecule has 1 aromatic carbocycles. The lowest BCUT2D eigenvalue weighted by atomic mass is 10.1. The molecule has 1 aliphatic rings. The molecule has 2 N–H and O–H groups in total. The molecule has 0 aliphatic carbocycles. The molecule has 20 heavy (non-hydrogen) atoms. The number of amides is 1. The highest BCUT2D eigenvalue weighted by atomic mass is 16.5. The number of rotatable bonds is 7. The average Bonchev–Trinajstić information content (AvgIpc) is 2.97. The van der Waals surface area contributed by atoms with Gasteiger partial charge in [-0.25, -0.2) is 0 Å². The van der Waals surface area contributed by atoms with Crippen LogP contribution < -0.4 is 15.4 Å². The first-order valence-electron chi connectivity index (χ1n) is 7.49. The second-order valence-electron chi connectivity index (χ2n) is 5.25. The van der Waals surface area contributed by atoms with E-state index in [0.717, 1.165) is 44.7 Å². The Bertz CT molecular complexity index is 411. The average molecular weight is 276 g/mol. The molecule has 0 radical (unpaired) electrons. The van der Waals surface area contributed by atoms with Gasteiger partial charge in [0.25, 0.3) is 0 Å². The van der Waals surface area contributed by atoms with E-state index in [1.807, 2.05) is 24.3 Å². The highest BCUT2D eigenvalue weighted by Crippen LogP contribution is 2.13. The van der Waals surface area contributed by atoms with Gasteiger partial charge < -0.3 is 15.4 Å². The second-order valence-corrected chi connectivity index (χ2v) is 5.25. The zero-order valence-corrected chi connectivity index (χ0v) is 12.2. The monoisotopic (exact) mass is 276 g/mol. The Morgan fingerprint density at radius 2 is 2.20 bits per heavy atom. The minimum Gasteiger partial charge on any atom is -0.494 e. The van der Waals surface area contributed by atoms with Crippen molar-refractivity contribution in [2.75, 3.05) is 19.7 Å². The van der Waals surface area contributed by atoms with Gasteiger partial charge in [-0.3, -0.25) is 4.79 Å². The zero-order chi connectivity index (χ0) is 14.2. The van der Waals surface area contributed by atoms with Crippen LogP contribution in [-0.2, 0) is 11.2 Å². The van der Waals surface area contributed by atoms with Crippen LogP contribution in [0.3, 0.4) is 0 Å². The van der Waals surface area contributed by atoms with E-state index in [2.05, 4.69) is 17.6 Å². The van der Waals surface area contributed by atoms with Crippen molar-refractivity contribution in [1.29, 1.82) is 0 Å². The van der Waals surface area contributed by atoms with Gasteiger partial charge in [0.15, 0.2) is 0 Å². The molecule has 4 nitrogen and oxygen atoms in total. The predicted molar refractivity (Wildman–Crippen MR) is 80.0 cm³/mol. The SMILES string of the molecule is CCCOc1ccc(CCC(=O)NC2CCNC2)cc1. The van der Waals surface area contributed by atoms with Gasteiger partial charge in [-0.05, 0) is 43.5 Å². The van der Waals surface area contributed by atoms with E-state index in [4.69, 9.17) is 4.74 Å². The number of ether oxygens (including phenoxy) is 1. The fourth-order valence-corrected chi connectivity index (χ4v) is 2.31. The zero-order valence-electron chi connectivity index (χ0n) is 12.2. The predicted octanol–water partition coefficient (Wildman–Crippen LogP) is 1.89. The number of aryl methyl sites for hydroxylation is 1. The number of hydrogen-bond donors (Lipinski definition) is 2. The van der Waals surface area contributed by atoms with Gasteiger partial charge in [-0.1, -0.05) is 19.1 Å². The van der Waals surface area contributed by atoms with Crippen LogP contribution in [0, 0.1) is 0 Å². The van der Waals surface area contributed by atoms with Gasteiger partial charge >= 0.3 is 0 Å². The van der Waals surface area contributed by atoms with Crippen LogP contribution >= 0.6 is 0 Å². The Balaban J connectivity index is 1.71. The maximum atomic E-state index is 11.8. The van der Waals surface area contributed by atoms with Crippen LogP contribution in [0.2, 0.25) is 0 Å². The van der Waals surface area contributed by atoms with E-state index in [1.165, 1.54) is 5.56 Å². The normalized spacial score (nSPS) is 17.9. The van der Waals surface area contributed by atoms with Crippen LogP contribution in [0.15, 0.2) is 24.3 Å². The van der Waals surface area contributed by atoms with Crippen LogP contribution in [-0.4, -0.2) is 31.6 Å². The van der Waals surface area contributed by atoms with E-state index in [-0.39, 0.29) is 5.91 Å². The minimum absolute atomic E-state index is 0.144. The Labute approximate surface area is 120 Å². The summed E-state index contributed by atoms with van der Waals surface area (Å²) in [6.07, 6.45) is 3.37. The van der Waals surface area contributed by atoms with Crippen molar-refractivity contribution in [3.8, 4) is 5.75 Å². The van der Waals surface area contributed by atoms with E-state index in [9.17, 15) is 4.79 Å². The molecular weight excluding hydrogens is 252 g/mol. The minimum atomic E-state index is 0.144. The molecule has 1 atom stereocenters. The summed E-state index contributed by atoms with van der Waals surface area (Å²) < 4.78 is 5.54. The summed E-state index contributed by atoms with van der Waals surface area (Å²) in [6, 6.07) is 8.34. The maximum absolute atomic E-state index is 11.8. The first kappa shape index (κ1) is 14.9. The molecule has 1 aliphatic heterocycles. The van der Waals surface area contributed by atoms with Crippen LogP contribution in [0.4, 0.5) is 0 Å². The molecule has 1 fully saturated rings. The Morgan fingerprint density at radius 3 is 2.85 bits per heavy atom. The molecule has 0 bridgehead atoms. The van der Waals surface area contributed by atoms with Crippen molar-refractivity contribution >= 4 is 5.91 Å². The molecule has 1 aromatic rings. The third kappa shape index (κ3) is 4.85. The van der Waals surface area contributed by atoms with Crippen molar-refractivity contribution in [2.45, 2.75) is 38.6 Å². The molecule has 2 rings (SSSR count). The first-order valence-corrected chi connectivity index (χ1v) is 7.49. The standard InChI is InChI=1S/C16H24N2O2/c1-2-11-20-15-6-3-13(4-7-15)5-8-16(19)18-14-9-10-17-12-14/h3-4,6-7,14,17H,2,5,8-12H2,1H3,(H,18,19). The first-order chi connectivity index (χ1) is 9.78. The molecule has 110 valence electrons. The fourth-order valence-electron chi connectivity index (χ4n) is 2.31. The molecule has 0 saturated carbocycles. The van der Waals surface area contributed by atoms with Gasteiger partial charge in [0.1, 0.15) is 5.75 Å². The lowest BCUT2D eigenvalue weighted by Crippen LogP contribution is -2.36. The number of nitrogens with one attached hydrogen (secondary N) is 2. The van der Waals surface area contributed by atoms with Crippen molar-refractivity contribution in [3.05, 3.63) is 29.8 Å². The number of carbonyl (C=O) groups excluding carboxylic acids is 1. The summed E-state index contributed by atoms with van der Waals surface area (Å²) in [5.41, 5.74) is 1.17. The molecule has 0 aromatic heterocycles. The summed E-state index contributed by atoms with van der Waals surface area (Å²) >= 11 is 0. The topological polar surface area (TPSA) is 50.4 Å². The van der Waals surface area contributed by atoms with Crippen molar-refractivity contribution in [2.24, 2.45) is 0 Å². The quantitative estimate of drug-likeness (QED) is 0.799. The summed E-state index contributed by atoms with van der Waals surface area (Å²) in [5, 5.41) is 6.31. The van der Waals surface area contributed by atoms with Crippen molar-refractivity contribution in [1.82, 2.24) is 10.6 Å². The lowest BCUT2D eigenvalue weighted by molar-refractivity contribution is -0.121. The van der Waals surface area contributed by atoms with E-state index < -0.39 is 0 Å². The highest BCUT2D eigenvalue weighted by molar-refractivity contribution is 5.76. The Kier molecular flexibility index (Phi) is 5.87. The van der Waals surface area contributed by atoms with Crippen LogP contribution in [0.25, 0.3) is 0 Å². The smallest absolute Gasteiger partial charge is 0.220 e. The Hall–Kier alpha value is -1.55. The number of benzene rings is 1. The second kappa shape index (κ2) is 7.90. The molecular formula is C16H24N2O2. The highest BCUT2D eigenvalue weighted by Gasteiger charge is 2.16. The summed E-state index contributed by atoms with van der Waals surface area (Å²) in [6.45, 7) is 4.74.